The second-order valence-electron chi connectivity index (χ2n) is 6.82. The summed E-state index contributed by atoms with van der Waals surface area (Å²) in [5.41, 5.74) is 13.1. The fourth-order valence-corrected chi connectivity index (χ4v) is 3.21. The van der Waals surface area contributed by atoms with Gasteiger partial charge in [0.1, 0.15) is 12.1 Å². The van der Waals surface area contributed by atoms with Crippen molar-refractivity contribution in [3.63, 3.8) is 0 Å². The molecule has 0 amide bonds. The molecule has 2 heterocycles. The second kappa shape index (κ2) is 6.68. The SMILES string of the molecule is Cc1cccc(-c2cc(-c3ccc(N(C)C)cc3)nc3ncnc(N)c23)c1. The van der Waals surface area contributed by atoms with Gasteiger partial charge in [-0.05, 0) is 36.2 Å². The normalized spacial score (nSPS) is 10.9. The molecule has 2 N–H and O–H groups in total. The van der Waals surface area contributed by atoms with Crippen molar-refractivity contribution in [1.82, 2.24) is 15.0 Å². The second-order valence-corrected chi connectivity index (χ2v) is 6.82. The van der Waals surface area contributed by atoms with Gasteiger partial charge in [0, 0.05) is 25.3 Å². The van der Waals surface area contributed by atoms with E-state index >= 15 is 0 Å². The van der Waals surface area contributed by atoms with E-state index in [-0.39, 0.29) is 0 Å². The number of nitrogen functional groups attached to an aromatic ring is 1. The Hall–Kier alpha value is -3.47. The highest BCUT2D eigenvalue weighted by atomic mass is 15.1. The minimum atomic E-state index is 0.443. The third kappa shape index (κ3) is 3.19. The van der Waals surface area contributed by atoms with Crippen molar-refractivity contribution in [1.29, 1.82) is 0 Å². The van der Waals surface area contributed by atoms with E-state index in [1.54, 1.807) is 0 Å². The average molecular weight is 355 g/mol. The summed E-state index contributed by atoms with van der Waals surface area (Å²) in [6, 6.07) is 18.7. The van der Waals surface area contributed by atoms with Gasteiger partial charge >= 0.3 is 0 Å². The Labute approximate surface area is 158 Å². The van der Waals surface area contributed by atoms with Gasteiger partial charge in [0.05, 0.1) is 11.1 Å². The molecule has 0 atom stereocenters. The molecule has 4 aromatic rings. The maximum atomic E-state index is 6.18. The van der Waals surface area contributed by atoms with Crippen LogP contribution in [0.2, 0.25) is 0 Å². The molecule has 5 heteroatoms. The van der Waals surface area contributed by atoms with Crippen LogP contribution < -0.4 is 10.6 Å². The van der Waals surface area contributed by atoms with Crippen LogP contribution in [0.25, 0.3) is 33.4 Å². The number of benzene rings is 2. The van der Waals surface area contributed by atoms with Gasteiger partial charge in [0.15, 0.2) is 5.65 Å². The highest BCUT2D eigenvalue weighted by molar-refractivity contribution is 6.01. The Balaban J connectivity index is 1.95. The molecule has 0 fully saturated rings. The fraction of sp³-hybridized carbons (Fsp3) is 0.136. The van der Waals surface area contributed by atoms with Crippen LogP contribution >= 0.6 is 0 Å². The van der Waals surface area contributed by atoms with Gasteiger partial charge in [-0.1, -0.05) is 42.0 Å². The van der Waals surface area contributed by atoms with Crippen LogP contribution in [0.4, 0.5) is 11.5 Å². The molecule has 0 spiro atoms. The van der Waals surface area contributed by atoms with Crippen LogP contribution in [0.3, 0.4) is 0 Å². The summed E-state index contributed by atoms with van der Waals surface area (Å²) < 4.78 is 0. The van der Waals surface area contributed by atoms with Crippen molar-refractivity contribution in [2.24, 2.45) is 0 Å². The molecule has 0 unspecified atom stereocenters. The van der Waals surface area contributed by atoms with Gasteiger partial charge in [-0.15, -0.1) is 0 Å². The van der Waals surface area contributed by atoms with Gasteiger partial charge in [-0.2, -0.15) is 0 Å². The molecular formula is C22H21N5. The first-order valence-corrected chi connectivity index (χ1v) is 8.79. The Bertz CT molecular complexity index is 1120. The van der Waals surface area contributed by atoms with Gasteiger partial charge < -0.3 is 10.6 Å². The number of aromatic nitrogens is 3. The van der Waals surface area contributed by atoms with Gasteiger partial charge in [-0.25, -0.2) is 15.0 Å². The van der Waals surface area contributed by atoms with Crippen molar-refractivity contribution in [3.05, 3.63) is 66.5 Å². The van der Waals surface area contributed by atoms with Crippen LogP contribution in [-0.4, -0.2) is 29.0 Å². The molecule has 2 aromatic carbocycles. The zero-order chi connectivity index (χ0) is 19.0. The van der Waals surface area contributed by atoms with E-state index in [1.165, 1.54) is 11.9 Å². The van der Waals surface area contributed by atoms with Crippen molar-refractivity contribution in [2.45, 2.75) is 6.92 Å². The summed E-state index contributed by atoms with van der Waals surface area (Å²) in [4.78, 5) is 15.4. The highest BCUT2D eigenvalue weighted by Gasteiger charge is 2.14. The number of nitrogens with two attached hydrogens (primary N) is 1. The van der Waals surface area contributed by atoms with Gasteiger partial charge in [0.25, 0.3) is 0 Å². The maximum absolute atomic E-state index is 6.18. The van der Waals surface area contributed by atoms with Crippen LogP contribution in [-0.2, 0) is 0 Å². The van der Waals surface area contributed by atoms with Crippen LogP contribution in [0, 0.1) is 6.92 Å². The lowest BCUT2D eigenvalue weighted by atomic mass is 9.98. The summed E-state index contributed by atoms with van der Waals surface area (Å²) in [6.07, 6.45) is 1.46. The number of nitrogens with zero attached hydrogens (tertiary/aromatic N) is 4. The van der Waals surface area contributed by atoms with E-state index in [4.69, 9.17) is 10.7 Å². The van der Waals surface area contributed by atoms with E-state index in [2.05, 4.69) is 70.3 Å². The molecule has 2 aromatic heterocycles. The topological polar surface area (TPSA) is 67.9 Å². The summed E-state index contributed by atoms with van der Waals surface area (Å²) in [5, 5.41) is 0.789. The molecule has 0 radical (unpaired) electrons. The Morgan fingerprint density at radius 3 is 2.37 bits per heavy atom. The molecule has 0 saturated carbocycles. The third-order valence-corrected chi connectivity index (χ3v) is 4.64. The molecule has 0 aliphatic heterocycles. The number of anilines is 2. The molecule has 0 saturated heterocycles. The minimum Gasteiger partial charge on any atom is -0.383 e. The molecule has 134 valence electrons. The van der Waals surface area contributed by atoms with Crippen molar-refractivity contribution >= 4 is 22.5 Å². The molecule has 0 aliphatic rings. The highest BCUT2D eigenvalue weighted by Crippen LogP contribution is 2.34. The summed E-state index contributed by atoms with van der Waals surface area (Å²) in [6.45, 7) is 2.08. The predicted octanol–water partition coefficient (Wildman–Crippen LogP) is 4.32. The van der Waals surface area contributed by atoms with E-state index < -0.39 is 0 Å². The number of hydrogen-bond acceptors (Lipinski definition) is 5. The first-order valence-electron chi connectivity index (χ1n) is 8.79. The fourth-order valence-electron chi connectivity index (χ4n) is 3.21. The molecular weight excluding hydrogens is 334 g/mol. The summed E-state index contributed by atoms with van der Waals surface area (Å²) in [5.74, 6) is 0.443. The zero-order valence-corrected chi connectivity index (χ0v) is 15.6. The standard InChI is InChI=1S/C22H21N5/c1-14-5-4-6-16(11-14)18-12-19(15-7-9-17(10-8-15)27(2)3)26-22-20(18)21(23)24-13-25-22/h4-13H,1-3H3,(H2,23,24,25,26). The van der Waals surface area contributed by atoms with Crippen LogP contribution in [0.1, 0.15) is 5.56 Å². The average Bonchev–Trinajstić information content (AvgIpc) is 2.67. The molecule has 5 nitrogen and oxygen atoms in total. The van der Waals surface area contributed by atoms with E-state index in [0.29, 0.717) is 11.5 Å². The quantitative estimate of drug-likeness (QED) is 0.593. The summed E-state index contributed by atoms with van der Waals surface area (Å²) >= 11 is 0. The van der Waals surface area contributed by atoms with Crippen LogP contribution in [0.15, 0.2) is 60.9 Å². The summed E-state index contributed by atoms with van der Waals surface area (Å²) in [7, 11) is 4.05. The molecule has 27 heavy (non-hydrogen) atoms. The van der Waals surface area contributed by atoms with Crippen molar-refractivity contribution < 1.29 is 0 Å². The predicted molar refractivity (Wildman–Crippen MR) is 112 cm³/mol. The first kappa shape index (κ1) is 17.0. The van der Waals surface area contributed by atoms with E-state index in [9.17, 15) is 0 Å². The third-order valence-electron chi connectivity index (χ3n) is 4.64. The largest absolute Gasteiger partial charge is 0.383 e. The molecule has 0 aliphatic carbocycles. The Morgan fingerprint density at radius 1 is 0.889 bits per heavy atom. The molecule has 4 rings (SSSR count). The lowest BCUT2D eigenvalue weighted by Crippen LogP contribution is -2.08. The minimum absolute atomic E-state index is 0.443. The van der Waals surface area contributed by atoms with E-state index in [1.807, 2.05) is 20.2 Å². The Morgan fingerprint density at radius 2 is 1.67 bits per heavy atom. The van der Waals surface area contributed by atoms with Crippen LogP contribution in [0.5, 0.6) is 0 Å². The maximum Gasteiger partial charge on any atom is 0.165 e. The van der Waals surface area contributed by atoms with Crippen molar-refractivity contribution in [2.75, 3.05) is 24.7 Å². The number of fused-ring (bicyclic) bond motifs is 1. The lowest BCUT2D eigenvalue weighted by Gasteiger charge is -2.14. The zero-order valence-electron chi connectivity index (χ0n) is 15.6. The monoisotopic (exact) mass is 355 g/mol. The first-order chi connectivity index (χ1) is 13.0. The Kier molecular flexibility index (Phi) is 4.20. The smallest absolute Gasteiger partial charge is 0.165 e. The van der Waals surface area contributed by atoms with Gasteiger partial charge in [-0.3, -0.25) is 0 Å². The number of hydrogen-bond donors (Lipinski definition) is 1. The lowest BCUT2D eigenvalue weighted by molar-refractivity contribution is 1.13. The number of pyridine rings is 1. The number of aryl methyl sites for hydroxylation is 1. The number of rotatable bonds is 3. The molecule has 0 bridgehead atoms. The van der Waals surface area contributed by atoms with E-state index in [0.717, 1.165) is 33.5 Å². The van der Waals surface area contributed by atoms with Gasteiger partial charge in [0.2, 0.25) is 0 Å². The van der Waals surface area contributed by atoms with Crippen molar-refractivity contribution in [3.8, 4) is 22.4 Å².